The van der Waals surface area contributed by atoms with Gasteiger partial charge in [0.05, 0.1) is 11.0 Å². The lowest BCUT2D eigenvalue weighted by Crippen LogP contribution is -2.21. The van der Waals surface area contributed by atoms with Gasteiger partial charge in [-0.15, -0.1) is 0 Å². The summed E-state index contributed by atoms with van der Waals surface area (Å²) in [5.74, 6) is 3.40. The summed E-state index contributed by atoms with van der Waals surface area (Å²) in [4.78, 5) is 16.2. The van der Waals surface area contributed by atoms with Crippen molar-refractivity contribution in [2.24, 2.45) is 0 Å². The second-order valence-corrected chi connectivity index (χ2v) is 18.2. The van der Waals surface area contributed by atoms with Crippen LogP contribution in [0.5, 0.6) is 5.75 Å². The summed E-state index contributed by atoms with van der Waals surface area (Å²) in [7, 11) is 0. The van der Waals surface area contributed by atoms with Gasteiger partial charge in [-0.2, -0.15) is 9.97 Å². The van der Waals surface area contributed by atoms with Crippen molar-refractivity contribution in [3.8, 4) is 45.3 Å². The maximum Gasteiger partial charge on any atom is 0.238 e. The van der Waals surface area contributed by atoms with Crippen molar-refractivity contribution in [3.63, 3.8) is 0 Å². The van der Waals surface area contributed by atoms with Gasteiger partial charge in [-0.05, 0) is 92.5 Å². The zero-order valence-corrected chi connectivity index (χ0v) is 36.6. The molecule has 3 aliphatic rings. The van der Waals surface area contributed by atoms with E-state index in [4.69, 9.17) is 19.7 Å². The number of hydrogen-bond acceptors (Lipinski definition) is 4. The third-order valence-corrected chi connectivity index (χ3v) is 14.4. The molecule has 0 saturated carbocycles. The molecule has 0 amide bonds. The third kappa shape index (κ3) is 6.33. The Morgan fingerprint density at radius 1 is 0.545 bits per heavy atom. The number of hydrogen-bond donors (Lipinski definition) is 0. The average Bonchev–Trinajstić information content (AvgIpc) is 3.72. The molecule has 0 saturated heterocycles. The predicted molar refractivity (Wildman–Crippen MR) is 266 cm³/mol. The number of rotatable bonds is 7. The standard InChI is InChI=1S/C61H46N4O/c1-38-35-44-23-16-29-52(59(44)66-58(38)39-17-4-2-5-18-39)53-37-42-22-9-11-26-47(42)50-32-33-51-49-28-14-15-30-54(49)65(57(51)56(50)53)61-63-55(62-60(64-61)40-19-6-3-7-20-40)34-31-43-36-41-21-8-10-24-45(41)48-27-13-12-25-46(43)48/h2-30,32-33,43,53,58H,1,31,34-37H2. The summed E-state index contributed by atoms with van der Waals surface area (Å²) >= 11 is 0. The largest absolute Gasteiger partial charge is 0.481 e. The van der Waals surface area contributed by atoms with Crippen molar-refractivity contribution in [2.45, 2.75) is 50.0 Å². The summed E-state index contributed by atoms with van der Waals surface area (Å²) in [6.45, 7) is 4.54. The van der Waals surface area contributed by atoms with Gasteiger partial charge in [-0.1, -0.05) is 189 Å². The minimum atomic E-state index is -0.227. The number of fused-ring (bicyclic) bond motifs is 11. The lowest BCUT2D eigenvalue weighted by atomic mass is 9.74. The van der Waals surface area contributed by atoms with Gasteiger partial charge < -0.3 is 4.74 Å². The van der Waals surface area contributed by atoms with Gasteiger partial charge in [0, 0.05) is 40.7 Å². The van der Waals surface area contributed by atoms with E-state index in [1.165, 1.54) is 66.4 Å². The van der Waals surface area contributed by atoms with Crippen LogP contribution in [0.1, 0.15) is 69.1 Å². The number of nitrogens with zero attached hydrogens (tertiary/aromatic N) is 4. The molecular weight excluding hydrogens is 805 g/mol. The fraction of sp³-hybridized carbons (Fsp3) is 0.131. The van der Waals surface area contributed by atoms with Crippen LogP contribution in [0.25, 0.3) is 61.4 Å². The molecule has 66 heavy (non-hydrogen) atoms. The zero-order valence-electron chi connectivity index (χ0n) is 36.6. The maximum absolute atomic E-state index is 7.16. The molecule has 13 rings (SSSR count). The maximum atomic E-state index is 7.16. The number of benzene rings is 8. The quantitative estimate of drug-likeness (QED) is 0.150. The van der Waals surface area contributed by atoms with E-state index in [9.17, 15) is 0 Å². The number of para-hydroxylation sites is 2. The highest BCUT2D eigenvalue weighted by Gasteiger charge is 2.36. The third-order valence-electron chi connectivity index (χ3n) is 14.4. The minimum Gasteiger partial charge on any atom is -0.481 e. The molecule has 0 bridgehead atoms. The second kappa shape index (κ2) is 15.7. The molecule has 10 aromatic rings. The second-order valence-electron chi connectivity index (χ2n) is 18.2. The van der Waals surface area contributed by atoms with Gasteiger partial charge in [-0.25, -0.2) is 4.98 Å². The highest BCUT2D eigenvalue weighted by Crippen LogP contribution is 2.52. The van der Waals surface area contributed by atoms with Crippen molar-refractivity contribution in [1.29, 1.82) is 0 Å². The van der Waals surface area contributed by atoms with E-state index < -0.39 is 0 Å². The first-order valence-electron chi connectivity index (χ1n) is 23.3. The van der Waals surface area contributed by atoms with Crippen LogP contribution in [0.2, 0.25) is 0 Å². The van der Waals surface area contributed by atoms with Gasteiger partial charge in [0.2, 0.25) is 5.95 Å². The Labute approximate surface area is 384 Å². The van der Waals surface area contributed by atoms with Crippen molar-refractivity contribution in [3.05, 3.63) is 245 Å². The van der Waals surface area contributed by atoms with Crippen LogP contribution in [0.15, 0.2) is 200 Å². The van der Waals surface area contributed by atoms with Crippen LogP contribution in [0.4, 0.5) is 0 Å². The first-order chi connectivity index (χ1) is 32.6. The molecule has 0 radical (unpaired) electrons. The Morgan fingerprint density at radius 3 is 2.05 bits per heavy atom. The summed E-state index contributed by atoms with van der Waals surface area (Å²) in [5.41, 5.74) is 18.3. The Morgan fingerprint density at radius 2 is 1.21 bits per heavy atom. The van der Waals surface area contributed by atoms with Crippen LogP contribution in [-0.4, -0.2) is 19.5 Å². The van der Waals surface area contributed by atoms with Gasteiger partial charge >= 0.3 is 0 Å². The van der Waals surface area contributed by atoms with Crippen molar-refractivity contribution in [1.82, 2.24) is 19.5 Å². The van der Waals surface area contributed by atoms with Gasteiger partial charge in [0.15, 0.2) is 5.82 Å². The van der Waals surface area contributed by atoms with Gasteiger partial charge in [0.25, 0.3) is 0 Å². The molecule has 0 spiro atoms. The van der Waals surface area contributed by atoms with E-state index in [0.717, 1.165) is 65.0 Å². The summed E-state index contributed by atoms with van der Waals surface area (Å²) in [6.07, 6.45) is 3.98. The van der Waals surface area contributed by atoms with Crippen LogP contribution in [0.3, 0.4) is 0 Å². The van der Waals surface area contributed by atoms with Crippen LogP contribution in [-0.2, 0) is 25.7 Å². The van der Waals surface area contributed by atoms with Crippen molar-refractivity contribution >= 4 is 21.8 Å². The van der Waals surface area contributed by atoms with E-state index >= 15 is 0 Å². The fourth-order valence-corrected chi connectivity index (χ4v) is 11.4. The van der Waals surface area contributed by atoms with E-state index in [2.05, 4.69) is 193 Å². The lowest BCUT2D eigenvalue weighted by Gasteiger charge is -2.35. The Balaban J connectivity index is 1.01. The molecule has 0 N–H and O–H groups in total. The Kier molecular flexibility index (Phi) is 9.16. The molecule has 2 aromatic heterocycles. The van der Waals surface area contributed by atoms with Crippen LogP contribution < -0.4 is 4.74 Å². The highest BCUT2D eigenvalue weighted by molar-refractivity contribution is 6.12. The number of ether oxygens (including phenoxy) is 1. The molecule has 1 aliphatic heterocycles. The molecule has 2 aliphatic carbocycles. The molecule has 3 atom stereocenters. The Hall–Kier alpha value is -7.89. The molecule has 5 nitrogen and oxygen atoms in total. The fourth-order valence-electron chi connectivity index (χ4n) is 11.4. The van der Waals surface area contributed by atoms with Gasteiger partial charge in [-0.3, -0.25) is 4.57 Å². The smallest absolute Gasteiger partial charge is 0.238 e. The summed E-state index contributed by atoms with van der Waals surface area (Å²) in [6, 6.07) is 67.7. The summed E-state index contributed by atoms with van der Waals surface area (Å²) < 4.78 is 9.51. The van der Waals surface area contributed by atoms with E-state index in [1.807, 2.05) is 6.07 Å². The highest BCUT2D eigenvalue weighted by atomic mass is 16.5. The Bertz CT molecular complexity index is 3540. The monoisotopic (exact) mass is 850 g/mol. The average molecular weight is 851 g/mol. The predicted octanol–water partition coefficient (Wildman–Crippen LogP) is 14.2. The van der Waals surface area contributed by atoms with E-state index in [1.54, 1.807) is 0 Å². The van der Waals surface area contributed by atoms with Crippen molar-refractivity contribution in [2.75, 3.05) is 0 Å². The normalized spacial score (nSPS) is 17.0. The van der Waals surface area contributed by atoms with Gasteiger partial charge in [0.1, 0.15) is 17.7 Å². The first kappa shape index (κ1) is 38.6. The summed E-state index contributed by atoms with van der Waals surface area (Å²) in [5, 5.41) is 2.34. The molecule has 8 aromatic carbocycles. The van der Waals surface area contributed by atoms with Crippen molar-refractivity contribution < 1.29 is 4.74 Å². The molecular formula is C61H46N4O. The number of aryl methyl sites for hydroxylation is 1. The zero-order chi connectivity index (χ0) is 43.7. The minimum absolute atomic E-state index is 0.0245. The molecule has 3 unspecified atom stereocenters. The van der Waals surface area contributed by atoms with E-state index in [-0.39, 0.29) is 12.0 Å². The van der Waals surface area contributed by atoms with Crippen LogP contribution >= 0.6 is 0 Å². The first-order valence-corrected chi connectivity index (χ1v) is 23.3. The topological polar surface area (TPSA) is 52.8 Å². The van der Waals surface area contributed by atoms with E-state index in [0.29, 0.717) is 24.1 Å². The molecule has 5 heteroatoms. The molecule has 316 valence electrons. The molecule has 0 fully saturated rings. The van der Waals surface area contributed by atoms with Crippen LogP contribution in [0, 0.1) is 0 Å². The number of aromatic nitrogens is 4. The lowest BCUT2D eigenvalue weighted by molar-refractivity contribution is 0.222. The molecule has 3 heterocycles. The SMILES string of the molecule is C=C1Cc2cccc(C3Cc4ccccc4-c4ccc5c6ccccc6n(-c6nc(CCC7Cc8ccccc8-c8ccccc87)nc(-c7ccccc7)n6)c5c43)c2OC1c1ccccc1.